The van der Waals surface area contributed by atoms with Gasteiger partial charge >= 0.3 is 0 Å². The molecule has 0 atom stereocenters. The van der Waals surface area contributed by atoms with Crippen molar-refractivity contribution in [3.05, 3.63) is 28.8 Å². The molecule has 0 spiro atoms. The number of hydrogen-bond acceptors (Lipinski definition) is 3. The van der Waals surface area contributed by atoms with E-state index in [2.05, 4.69) is 39.0 Å². The van der Waals surface area contributed by atoms with E-state index in [1.54, 1.807) is 7.11 Å². The predicted molar refractivity (Wildman–Crippen MR) is 73.8 cm³/mol. The summed E-state index contributed by atoms with van der Waals surface area (Å²) in [7, 11) is 3.67. The third-order valence-corrected chi connectivity index (χ3v) is 3.09. The molecule has 0 unspecified atom stereocenters. The molecule has 18 heavy (non-hydrogen) atoms. The van der Waals surface area contributed by atoms with Crippen LogP contribution in [-0.4, -0.2) is 25.6 Å². The highest BCUT2D eigenvalue weighted by molar-refractivity contribution is 5.43. The normalized spacial score (nSPS) is 10.8. The lowest BCUT2D eigenvalue weighted by molar-refractivity contribution is 0.365. The molecule has 98 valence electrons. The molecule has 3 nitrogen and oxygen atoms in total. The van der Waals surface area contributed by atoms with Crippen LogP contribution in [0.4, 0.5) is 0 Å². The lowest BCUT2D eigenvalue weighted by atomic mass is 9.96. The minimum atomic E-state index is 0.431. The molecule has 1 rings (SSSR count). The van der Waals surface area contributed by atoms with Crippen molar-refractivity contribution in [2.45, 2.75) is 33.2 Å². The van der Waals surface area contributed by atoms with E-state index in [1.807, 2.05) is 11.9 Å². The topological polar surface area (TPSA) is 36.3 Å². The molecule has 0 bridgehead atoms. The zero-order valence-corrected chi connectivity index (χ0v) is 11.9. The number of aryl methyl sites for hydroxylation is 1. The number of methoxy groups -OCH3 is 1. The lowest BCUT2D eigenvalue weighted by Crippen LogP contribution is -2.18. The van der Waals surface area contributed by atoms with E-state index in [9.17, 15) is 0 Å². The second-order valence-corrected chi connectivity index (χ2v) is 5.01. The second-order valence-electron chi connectivity index (χ2n) is 5.01. The van der Waals surface area contributed by atoms with Crippen LogP contribution in [-0.2, 0) is 6.54 Å². The zero-order valence-electron chi connectivity index (χ0n) is 11.9. The lowest BCUT2D eigenvalue weighted by Gasteiger charge is -2.19. The van der Waals surface area contributed by atoms with Crippen LogP contribution < -0.4 is 4.74 Å². The number of benzene rings is 1. The van der Waals surface area contributed by atoms with Gasteiger partial charge in [-0.25, -0.2) is 0 Å². The van der Waals surface area contributed by atoms with E-state index in [0.29, 0.717) is 12.5 Å². The second kappa shape index (κ2) is 6.42. The first kappa shape index (κ1) is 14.5. The highest BCUT2D eigenvalue weighted by Crippen LogP contribution is 2.29. The average Bonchev–Trinajstić information content (AvgIpc) is 2.31. The summed E-state index contributed by atoms with van der Waals surface area (Å²) in [5.74, 6) is 1.38. The van der Waals surface area contributed by atoms with Crippen molar-refractivity contribution in [2.24, 2.45) is 0 Å². The molecule has 0 aliphatic carbocycles. The SMILES string of the molecule is COc1cc(C)c(CN(C)CC#N)cc1C(C)C. The first-order valence-corrected chi connectivity index (χ1v) is 6.22. The average molecular weight is 246 g/mol. The Balaban J connectivity index is 3.06. The van der Waals surface area contributed by atoms with Crippen LogP contribution in [0.25, 0.3) is 0 Å². The van der Waals surface area contributed by atoms with Crippen LogP contribution in [0.1, 0.15) is 36.5 Å². The van der Waals surface area contributed by atoms with Gasteiger partial charge in [-0.15, -0.1) is 0 Å². The molecule has 0 N–H and O–H groups in total. The summed E-state index contributed by atoms with van der Waals surface area (Å²) >= 11 is 0. The summed E-state index contributed by atoms with van der Waals surface area (Å²) in [6.07, 6.45) is 0. The smallest absolute Gasteiger partial charge is 0.122 e. The fourth-order valence-electron chi connectivity index (χ4n) is 2.01. The van der Waals surface area contributed by atoms with Crippen molar-refractivity contribution in [1.29, 1.82) is 5.26 Å². The Labute approximate surface area is 110 Å². The summed E-state index contributed by atoms with van der Waals surface area (Å²) < 4.78 is 5.43. The molecule has 0 aliphatic rings. The van der Waals surface area contributed by atoms with Gasteiger partial charge in [-0.2, -0.15) is 5.26 Å². The summed E-state index contributed by atoms with van der Waals surface area (Å²) in [4.78, 5) is 2.01. The number of nitrogens with zero attached hydrogens (tertiary/aromatic N) is 2. The van der Waals surface area contributed by atoms with Crippen LogP contribution in [0.15, 0.2) is 12.1 Å². The van der Waals surface area contributed by atoms with Crippen molar-refractivity contribution in [2.75, 3.05) is 20.7 Å². The van der Waals surface area contributed by atoms with Gasteiger partial charge in [0.2, 0.25) is 0 Å². The van der Waals surface area contributed by atoms with Crippen molar-refractivity contribution >= 4 is 0 Å². The Bertz CT molecular complexity index is 447. The molecule has 0 radical (unpaired) electrons. The zero-order chi connectivity index (χ0) is 13.7. The maximum absolute atomic E-state index is 8.70. The third kappa shape index (κ3) is 3.48. The van der Waals surface area contributed by atoms with Crippen molar-refractivity contribution in [1.82, 2.24) is 4.90 Å². The number of nitriles is 1. The van der Waals surface area contributed by atoms with Crippen molar-refractivity contribution in [3.63, 3.8) is 0 Å². The van der Waals surface area contributed by atoms with E-state index in [-0.39, 0.29) is 0 Å². The van der Waals surface area contributed by atoms with Gasteiger partial charge in [-0.05, 0) is 42.6 Å². The standard InChI is InChI=1S/C15H22N2O/c1-11(2)14-9-13(10-17(4)7-6-16)12(3)8-15(14)18-5/h8-9,11H,7,10H2,1-5H3. The molecular formula is C15H22N2O. The minimum absolute atomic E-state index is 0.431. The molecule has 0 aromatic heterocycles. The van der Waals surface area contributed by atoms with Crippen LogP contribution in [0, 0.1) is 18.3 Å². The van der Waals surface area contributed by atoms with Crippen LogP contribution in [0.2, 0.25) is 0 Å². The fourth-order valence-corrected chi connectivity index (χ4v) is 2.01. The van der Waals surface area contributed by atoms with Crippen molar-refractivity contribution in [3.8, 4) is 11.8 Å². The Hall–Kier alpha value is -1.53. The maximum atomic E-state index is 8.70. The van der Waals surface area contributed by atoms with Gasteiger partial charge < -0.3 is 4.74 Å². The molecule has 0 amide bonds. The maximum Gasteiger partial charge on any atom is 0.122 e. The first-order chi connectivity index (χ1) is 8.49. The van der Waals surface area contributed by atoms with Gasteiger partial charge in [0.1, 0.15) is 5.75 Å². The molecule has 1 aromatic carbocycles. The van der Waals surface area contributed by atoms with Crippen molar-refractivity contribution < 1.29 is 4.74 Å². The van der Waals surface area contributed by atoms with Crippen LogP contribution in [0.5, 0.6) is 5.75 Å². The Morgan fingerprint density at radius 2 is 2.06 bits per heavy atom. The molecule has 3 heteroatoms. The Kier molecular flexibility index (Phi) is 5.18. The van der Waals surface area contributed by atoms with Gasteiger partial charge in [0.05, 0.1) is 19.7 Å². The highest BCUT2D eigenvalue weighted by Gasteiger charge is 2.12. The predicted octanol–water partition coefficient (Wildman–Crippen LogP) is 3.08. The van der Waals surface area contributed by atoms with E-state index >= 15 is 0 Å². The quantitative estimate of drug-likeness (QED) is 0.749. The van der Waals surface area contributed by atoms with Gasteiger partial charge in [0.15, 0.2) is 0 Å². The summed E-state index contributed by atoms with van der Waals surface area (Å²) in [5.41, 5.74) is 3.70. The molecular weight excluding hydrogens is 224 g/mol. The minimum Gasteiger partial charge on any atom is -0.496 e. The number of rotatable bonds is 5. The van der Waals surface area contributed by atoms with E-state index in [0.717, 1.165) is 12.3 Å². The largest absolute Gasteiger partial charge is 0.496 e. The van der Waals surface area contributed by atoms with Crippen LogP contribution >= 0.6 is 0 Å². The summed E-state index contributed by atoms with van der Waals surface area (Å²) in [6, 6.07) is 6.46. The van der Waals surface area contributed by atoms with E-state index < -0.39 is 0 Å². The Morgan fingerprint density at radius 3 is 2.56 bits per heavy atom. The first-order valence-electron chi connectivity index (χ1n) is 6.22. The number of hydrogen-bond donors (Lipinski definition) is 0. The van der Waals surface area contributed by atoms with Gasteiger partial charge in [-0.1, -0.05) is 19.9 Å². The van der Waals surface area contributed by atoms with Gasteiger partial charge in [0, 0.05) is 6.54 Å². The molecule has 0 aliphatic heterocycles. The summed E-state index contributed by atoms with van der Waals surface area (Å²) in [6.45, 7) is 7.65. The molecule has 0 saturated heterocycles. The third-order valence-electron chi connectivity index (χ3n) is 3.09. The van der Waals surface area contributed by atoms with E-state index in [1.165, 1.54) is 16.7 Å². The monoisotopic (exact) mass is 246 g/mol. The fraction of sp³-hybridized carbons (Fsp3) is 0.533. The molecule has 0 saturated carbocycles. The molecule has 0 heterocycles. The summed E-state index contributed by atoms with van der Waals surface area (Å²) in [5, 5.41) is 8.70. The molecule has 1 aromatic rings. The van der Waals surface area contributed by atoms with Gasteiger partial charge in [-0.3, -0.25) is 4.90 Å². The molecule has 0 fully saturated rings. The highest BCUT2D eigenvalue weighted by atomic mass is 16.5. The Morgan fingerprint density at radius 1 is 1.39 bits per heavy atom. The van der Waals surface area contributed by atoms with Gasteiger partial charge in [0.25, 0.3) is 0 Å². The van der Waals surface area contributed by atoms with E-state index in [4.69, 9.17) is 10.00 Å². The number of ether oxygens (including phenoxy) is 1. The van der Waals surface area contributed by atoms with Crippen LogP contribution in [0.3, 0.4) is 0 Å².